The number of hydrogen-bond acceptors (Lipinski definition) is 1. The Morgan fingerprint density at radius 1 is 1.54 bits per heavy atom. The molecular weight excluding hydrogens is 164 g/mol. The molecule has 0 aromatic rings. The van der Waals surface area contributed by atoms with Gasteiger partial charge in [0, 0.05) is 6.08 Å². The minimum atomic E-state index is -0.952. The van der Waals surface area contributed by atoms with Crippen molar-refractivity contribution in [2.24, 2.45) is 0 Å². The van der Waals surface area contributed by atoms with Gasteiger partial charge in [-0.1, -0.05) is 17.9 Å². The van der Waals surface area contributed by atoms with E-state index in [-0.39, 0.29) is 0 Å². The van der Waals surface area contributed by atoms with Gasteiger partial charge in [0.2, 0.25) is 0 Å². The summed E-state index contributed by atoms with van der Waals surface area (Å²) in [6.07, 6.45) is 9.14. The molecule has 0 bridgehead atoms. The Kier molecular flexibility index (Phi) is 3.84. The highest BCUT2D eigenvalue weighted by Gasteiger charge is 1.98. The van der Waals surface area contributed by atoms with E-state index in [0.29, 0.717) is 0 Å². The van der Waals surface area contributed by atoms with Crippen LogP contribution < -0.4 is 0 Å². The maximum atomic E-state index is 10.1. The summed E-state index contributed by atoms with van der Waals surface area (Å²) in [5.74, 6) is 4.69. The monoisotopic (exact) mass is 176 g/mol. The standard InChI is InChI=1S/C11H12O2/c12-11(13)9-5-4-8-10-6-2-1-3-7-10/h5-6,9H,1-3,7H2,(H,12,13)/b9-5+. The van der Waals surface area contributed by atoms with Crippen molar-refractivity contribution in [3.63, 3.8) is 0 Å². The van der Waals surface area contributed by atoms with Gasteiger partial charge in [0.25, 0.3) is 0 Å². The van der Waals surface area contributed by atoms with E-state index in [1.54, 1.807) is 0 Å². The zero-order valence-corrected chi connectivity index (χ0v) is 7.42. The molecule has 1 N–H and O–H groups in total. The second kappa shape index (κ2) is 5.21. The van der Waals surface area contributed by atoms with Gasteiger partial charge in [0.05, 0.1) is 0 Å². The SMILES string of the molecule is O=C(O)/C=C/C#CC1=CCCCC1. The molecule has 0 aromatic carbocycles. The van der Waals surface area contributed by atoms with Crippen molar-refractivity contribution in [3.05, 3.63) is 23.8 Å². The molecule has 0 saturated heterocycles. The topological polar surface area (TPSA) is 37.3 Å². The van der Waals surface area contributed by atoms with Gasteiger partial charge in [0.15, 0.2) is 0 Å². The van der Waals surface area contributed by atoms with E-state index in [1.165, 1.54) is 18.9 Å². The lowest BCUT2D eigenvalue weighted by atomic mass is 10.0. The normalized spacial score (nSPS) is 16.2. The average Bonchev–Trinajstić information content (AvgIpc) is 2.14. The molecular formula is C11H12O2. The van der Waals surface area contributed by atoms with Crippen LogP contribution >= 0.6 is 0 Å². The zero-order valence-electron chi connectivity index (χ0n) is 7.42. The van der Waals surface area contributed by atoms with Gasteiger partial charge in [-0.15, -0.1) is 0 Å². The van der Waals surface area contributed by atoms with Crippen LogP contribution in [0.3, 0.4) is 0 Å². The van der Waals surface area contributed by atoms with E-state index in [2.05, 4.69) is 17.9 Å². The predicted octanol–water partition coefficient (Wildman–Crippen LogP) is 2.13. The predicted molar refractivity (Wildman–Crippen MR) is 51.1 cm³/mol. The highest BCUT2D eigenvalue weighted by molar-refractivity contribution is 5.80. The second-order valence-corrected chi connectivity index (χ2v) is 2.92. The molecule has 0 heterocycles. The largest absolute Gasteiger partial charge is 0.478 e. The fraction of sp³-hybridized carbons (Fsp3) is 0.364. The van der Waals surface area contributed by atoms with E-state index in [1.807, 2.05) is 0 Å². The van der Waals surface area contributed by atoms with Crippen molar-refractivity contribution in [3.8, 4) is 11.8 Å². The second-order valence-electron chi connectivity index (χ2n) is 2.92. The van der Waals surface area contributed by atoms with E-state index >= 15 is 0 Å². The van der Waals surface area contributed by atoms with Crippen LogP contribution in [0.1, 0.15) is 25.7 Å². The van der Waals surface area contributed by atoms with Gasteiger partial charge < -0.3 is 5.11 Å². The van der Waals surface area contributed by atoms with Crippen molar-refractivity contribution in [1.29, 1.82) is 0 Å². The molecule has 1 aliphatic rings. The molecule has 0 fully saturated rings. The van der Waals surface area contributed by atoms with Crippen molar-refractivity contribution in [1.82, 2.24) is 0 Å². The van der Waals surface area contributed by atoms with E-state index in [0.717, 1.165) is 24.5 Å². The van der Waals surface area contributed by atoms with Crippen molar-refractivity contribution >= 4 is 5.97 Å². The Balaban J connectivity index is 2.46. The first-order chi connectivity index (χ1) is 6.29. The molecule has 0 atom stereocenters. The number of aliphatic carboxylic acids is 1. The number of carboxylic acid groups (broad SMARTS) is 1. The van der Waals surface area contributed by atoms with Gasteiger partial charge in [-0.25, -0.2) is 4.79 Å². The van der Waals surface area contributed by atoms with Gasteiger partial charge in [-0.3, -0.25) is 0 Å². The first-order valence-corrected chi connectivity index (χ1v) is 4.39. The van der Waals surface area contributed by atoms with Crippen LogP contribution in [0.25, 0.3) is 0 Å². The number of allylic oxidation sites excluding steroid dienone is 3. The van der Waals surface area contributed by atoms with E-state index in [4.69, 9.17) is 5.11 Å². The molecule has 13 heavy (non-hydrogen) atoms. The highest BCUT2D eigenvalue weighted by atomic mass is 16.4. The summed E-state index contributed by atoms with van der Waals surface area (Å²) in [7, 11) is 0. The fourth-order valence-corrected chi connectivity index (χ4v) is 1.20. The molecule has 2 heteroatoms. The molecule has 0 spiro atoms. The summed E-state index contributed by atoms with van der Waals surface area (Å²) in [5, 5.41) is 8.28. The van der Waals surface area contributed by atoms with Gasteiger partial charge >= 0.3 is 5.97 Å². The molecule has 0 amide bonds. The maximum Gasteiger partial charge on any atom is 0.328 e. The summed E-state index contributed by atoms with van der Waals surface area (Å²) >= 11 is 0. The smallest absolute Gasteiger partial charge is 0.328 e. The molecule has 68 valence electrons. The quantitative estimate of drug-likeness (QED) is 0.491. The lowest BCUT2D eigenvalue weighted by Crippen LogP contribution is -1.88. The summed E-state index contributed by atoms with van der Waals surface area (Å²) in [6.45, 7) is 0. The average molecular weight is 176 g/mol. The zero-order chi connectivity index (χ0) is 9.52. The number of rotatable bonds is 1. The molecule has 0 aliphatic heterocycles. The minimum absolute atomic E-state index is 0.952. The van der Waals surface area contributed by atoms with Crippen LogP contribution in [0.4, 0.5) is 0 Å². The molecule has 0 saturated carbocycles. The Hall–Kier alpha value is -1.49. The summed E-state index contributed by atoms with van der Waals surface area (Å²) < 4.78 is 0. The highest BCUT2D eigenvalue weighted by Crippen LogP contribution is 2.15. The Labute approximate surface area is 78.0 Å². The summed E-state index contributed by atoms with van der Waals surface area (Å²) in [5.41, 5.74) is 1.14. The van der Waals surface area contributed by atoms with Gasteiger partial charge in [0.1, 0.15) is 0 Å². The van der Waals surface area contributed by atoms with Gasteiger partial charge in [-0.05, 0) is 37.3 Å². The molecule has 0 aromatic heterocycles. The first kappa shape index (κ1) is 9.60. The third kappa shape index (κ3) is 4.17. The number of carbonyl (C=O) groups is 1. The third-order valence-electron chi connectivity index (χ3n) is 1.83. The lowest BCUT2D eigenvalue weighted by molar-refractivity contribution is -0.131. The van der Waals surface area contributed by atoms with Crippen LogP contribution in [0.15, 0.2) is 23.8 Å². The van der Waals surface area contributed by atoms with Crippen LogP contribution in [0.2, 0.25) is 0 Å². The number of hydrogen-bond donors (Lipinski definition) is 1. The van der Waals surface area contributed by atoms with Crippen LogP contribution in [-0.4, -0.2) is 11.1 Å². The first-order valence-electron chi connectivity index (χ1n) is 4.39. The maximum absolute atomic E-state index is 10.1. The number of carboxylic acids is 1. The Morgan fingerprint density at radius 2 is 2.38 bits per heavy atom. The van der Waals surface area contributed by atoms with E-state index < -0.39 is 5.97 Å². The molecule has 0 unspecified atom stereocenters. The van der Waals surface area contributed by atoms with Gasteiger partial charge in [-0.2, -0.15) is 0 Å². The minimum Gasteiger partial charge on any atom is -0.478 e. The fourth-order valence-electron chi connectivity index (χ4n) is 1.20. The Morgan fingerprint density at radius 3 is 3.00 bits per heavy atom. The molecule has 1 aliphatic carbocycles. The Bertz CT molecular complexity index is 300. The van der Waals surface area contributed by atoms with Crippen LogP contribution in [0, 0.1) is 11.8 Å². The summed E-state index contributed by atoms with van der Waals surface area (Å²) in [4.78, 5) is 10.1. The molecule has 2 nitrogen and oxygen atoms in total. The van der Waals surface area contributed by atoms with E-state index in [9.17, 15) is 4.79 Å². The van der Waals surface area contributed by atoms with Crippen LogP contribution in [-0.2, 0) is 4.79 Å². The third-order valence-corrected chi connectivity index (χ3v) is 1.83. The van der Waals surface area contributed by atoms with Crippen molar-refractivity contribution in [2.45, 2.75) is 25.7 Å². The van der Waals surface area contributed by atoms with Crippen molar-refractivity contribution in [2.75, 3.05) is 0 Å². The van der Waals surface area contributed by atoms with Crippen LogP contribution in [0.5, 0.6) is 0 Å². The van der Waals surface area contributed by atoms with Crippen molar-refractivity contribution < 1.29 is 9.90 Å². The lowest BCUT2D eigenvalue weighted by Gasteiger charge is -2.05. The summed E-state index contributed by atoms with van der Waals surface area (Å²) in [6, 6.07) is 0. The molecule has 1 rings (SSSR count). The molecule has 0 radical (unpaired) electrons.